The maximum absolute atomic E-state index is 13.5. The van der Waals surface area contributed by atoms with Gasteiger partial charge < -0.3 is 5.11 Å². The number of rotatable bonds is 5. The van der Waals surface area contributed by atoms with Gasteiger partial charge in [-0.3, -0.25) is 9.40 Å². The third kappa shape index (κ3) is 3.53. The minimum absolute atomic E-state index is 0.0164. The van der Waals surface area contributed by atoms with E-state index < -0.39 is 27.9 Å². The number of aromatic amines is 1. The van der Waals surface area contributed by atoms with Gasteiger partial charge >= 0.3 is 0 Å². The zero-order chi connectivity index (χ0) is 17.3. The average molecular weight is 341 g/mol. The van der Waals surface area contributed by atoms with Crippen molar-refractivity contribution >= 4 is 15.7 Å². The van der Waals surface area contributed by atoms with Crippen LogP contribution in [-0.4, -0.2) is 36.9 Å². The molecule has 0 unspecified atom stereocenters. The topological polar surface area (TPSA) is 86.3 Å². The molecule has 0 bridgehead atoms. The van der Waals surface area contributed by atoms with E-state index in [0.717, 1.165) is 10.4 Å². The SMILES string of the molecule is CC(C)(C)c1[nH]ncc1S(=O)(=O)N(CCO)c1cccc(F)c1. The summed E-state index contributed by atoms with van der Waals surface area (Å²) in [6.07, 6.45) is 1.24. The summed E-state index contributed by atoms with van der Waals surface area (Å²) in [5.74, 6) is -0.552. The van der Waals surface area contributed by atoms with Crippen LogP contribution in [0.15, 0.2) is 35.4 Å². The molecular formula is C15H20FN3O3S. The molecule has 0 aliphatic heterocycles. The molecule has 1 aromatic heterocycles. The summed E-state index contributed by atoms with van der Waals surface area (Å²) in [5.41, 5.74) is 0.142. The lowest BCUT2D eigenvalue weighted by atomic mass is 9.92. The molecule has 0 saturated carbocycles. The zero-order valence-electron chi connectivity index (χ0n) is 13.2. The molecule has 0 radical (unpaired) electrons. The molecule has 0 atom stereocenters. The Bertz CT molecular complexity index is 781. The van der Waals surface area contributed by atoms with Crippen molar-refractivity contribution in [2.24, 2.45) is 0 Å². The van der Waals surface area contributed by atoms with Crippen LogP contribution in [0.2, 0.25) is 0 Å². The quantitative estimate of drug-likeness (QED) is 0.871. The van der Waals surface area contributed by atoms with Gasteiger partial charge in [-0.05, 0) is 18.2 Å². The van der Waals surface area contributed by atoms with Crippen LogP contribution >= 0.6 is 0 Å². The Kier molecular flexibility index (Phi) is 4.76. The normalized spacial score (nSPS) is 12.4. The number of nitrogens with zero attached hydrogens (tertiary/aromatic N) is 2. The molecule has 0 saturated heterocycles. The van der Waals surface area contributed by atoms with Gasteiger partial charge in [-0.25, -0.2) is 12.8 Å². The maximum atomic E-state index is 13.5. The first-order chi connectivity index (χ1) is 10.7. The molecule has 0 aliphatic carbocycles. The maximum Gasteiger partial charge on any atom is 0.267 e. The molecule has 2 aromatic rings. The molecule has 126 valence electrons. The van der Waals surface area contributed by atoms with Crippen LogP contribution in [0.1, 0.15) is 26.5 Å². The van der Waals surface area contributed by atoms with Crippen LogP contribution in [0.5, 0.6) is 0 Å². The van der Waals surface area contributed by atoms with E-state index >= 15 is 0 Å². The molecule has 23 heavy (non-hydrogen) atoms. The summed E-state index contributed by atoms with van der Waals surface area (Å²) in [6, 6.07) is 5.24. The highest BCUT2D eigenvalue weighted by atomic mass is 32.2. The van der Waals surface area contributed by atoms with Crippen molar-refractivity contribution in [1.29, 1.82) is 0 Å². The zero-order valence-corrected chi connectivity index (χ0v) is 14.1. The second kappa shape index (κ2) is 6.29. The number of sulfonamides is 1. The monoisotopic (exact) mass is 341 g/mol. The number of anilines is 1. The van der Waals surface area contributed by atoms with Crippen LogP contribution in [0.4, 0.5) is 10.1 Å². The number of hydrogen-bond donors (Lipinski definition) is 2. The Morgan fingerprint density at radius 3 is 2.61 bits per heavy atom. The van der Waals surface area contributed by atoms with Crippen molar-refractivity contribution in [3.8, 4) is 0 Å². The fraction of sp³-hybridized carbons (Fsp3) is 0.400. The second-order valence-electron chi connectivity index (χ2n) is 6.14. The van der Waals surface area contributed by atoms with Gasteiger partial charge in [0.2, 0.25) is 0 Å². The van der Waals surface area contributed by atoms with Gasteiger partial charge in [0.1, 0.15) is 10.7 Å². The lowest BCUT2D eigenvalue weighted by molar-refractivity contribution is 0.306. The summed E-state index contributed by atoms with van der Waals surface area (Å²) < 4.78 is 40.4. The van der Waals surface area contributed by atoms with Gasteiger partial charge in [-0.15, -0.1) is 0 Å². The van der Waals surface area contributed by atoms with Crippen LogP contribution in [0.25, 0.3) is 0 Å². The number of benzene rings is 1. The van der Waals surface area contributed by atoms with Crippen molar-refractivity contribution in [1.82, 2.24) is 10.2 Å². The minimum Gasteiger partial charge on any atom is -0.394 e. The van der Waals surface area contributed by atoms with Crippen LogP contribution in [-0.2, 0) is 15.4 Å². The minimum atomic E-state index is -3.99. The summed E-state index contributed by atoms with van der Waals surface area (Å²) in [6.45, 7) is 5.01. The van der Waals surface area contributed by atoms with Crippen molar-refractivity contribution in [2.45, 2.75) is 31.1 Å². The lowest BCUT2D eigenvalue weighted by Crippen LogP contribution is -2.35. The van der Waals surface area contributed by atoms with E-state index in [0.29, 0.717) is 5.69 Å². The molecule has 0 spiro atoms. The predicted octanol–water partition coefficient (Wildman–Crippen LogP) is 2.03. The van der Waals surface area contributed by atoms with E-state index in [2.05, 4.69) is 10.2 Å². The first-order valence-electron chi connectivity index (χ1n) is 7.11. The Morgan fingerprint density at radius 1 is 1.35 bits per heavy atom. The number of aliphatic hydroxyl groups is 1. The molecule has 1 heterocycles. The predicted molar refractivity (Wildman–Crippen MR) is 85.3 cm³/mol. The Hall–Kier alpha value is -1.93. The van der Waals surface area contributed by atoms with E-state index in [-0.39, 0.29) is 17.1 Å². The summed E-state index contributed by atoms with van der Waals surface area (Å²) >= 11 is 0. The van der Waals surface area contributed by atoms with E-state index in [1.165, 1.54) is 24.4 Å². The van der Waals surface area contributed by atoms with Gasteiger partial charge in [0.15, 0.2) is 0 Å². The first kappa shape index (κ1) is 17.4. The highest BCUT2D eigenvalue weighted by Gasteiger charge is 2.32. The summed E-state index contributed by atoms with van der Waals surface area (Å²) in [7, 11) is -3.99. The van der Waals surface area contributed by atoms with Gasteiger partial charge in [-0.1, -0.05) is 26.8 Å². The highest BCUT2D eigenvalue weighted by Crippen LogP contribution is 2.31. The van der Waals surface area contributed by atoms with Crippen LogP contribution < -0.4 is 4.31 Å². The molecule has 0 aliphatic rings. The van der Waals surface area contributed by atoms with E-state index in [1.807, 2.05) is 20.8 Å². The smallest absolute Gasteiger partial charge is 0.267 e. The standard InChI is InChI=1S/C15H20FN3O3S/c1-15(2,3)14-13(10-17-18-14)23(21,22)19(7-8-20)12-6-4-5-11(16)9-12/h4-6,9-10,20H,7-8H2,1-3H3,(H,17,18). The largest absolute Gasteiger partial charge is 0.394 e. The van der Waals surface area contributed by atoms with Crippen molar-refractivity contribution in [3.63, 3.8) is 0 Å². The van der Waals surface area contributed by atoms with Gasteiger partial charge in [0, 0.05) is 5.41 Å². The summed E-state index contributed by atoms with van der Waals surface area (Å²) in [5, 5.41) is 15.8. The van der Waals surface area contributed by atoms with Crippen LogP contribution in [0, 0.1) is 5.82 Å². The molecule has 2 rings (SSSR count). The third-order valence-corrected chi connectivity index (χ3v) is 5.16. The van der Waals surface area contributed by atoms with Gasteiger partial charge in [0.05, 0.1) is 30.7 Å². The molecule has 6 nitrogen and oxygen atoms in total. The second-order valence-corrected chi connectivity index (χ2v) is 7.97. The van der Waals surface area contributed by atoms with Gasteiger partial charge in [0.25, 0.3) is 10.0 Å². The molecule has 1 aromatic carbocycles. The number of hydrogen-bond acceptors (Lipinski definition) is 4. The molecule has 2 N–H and O–H groups in total. The Labute approximate surface area is 135 Å². The third-order valence-electron chi connectivity index (χ3n) is 3.32. The number of halogens is 1. The summed E-state index contributed by atoms with van der Waals surface area (Å²) in [4.78, 5) is 0.0164. The van der Waals surface area contributed by atoms with E-state index in [1.54, 1.807) is 0 Å². The average Bonchev–Trinajstić information content (AvgIpc) is 2.94. The molecule has 0 amide bonds. The van der Waals surface area contributed by atoms with Crippen molar-refractivity contribution < 1.29 is 17.9 Å². The number of H-pyrrole nitrogens is 1. The lowest BCUT2D eigenvalue weighted by Gasteiger charge is -2.25. The molecular weight excluding hydrogens is 321 g/mol. The van der Waals surface area contributed by atoms with Crippen LogP contribution in [0.3, 0.4) is 0 Å². The fourth-order valence-corrected chi connectivity index (χ4v) is 3.98. The molecule has 8 heteroatoms. The Morgan fingerprint density at radius 2 is 2.04 bits per heavy atom. The van der Waals surface area contributed by atoms with E-state index in [9.17, 15) is 17.9 Å². The number of aromatic nitrogens is 2. The number of aliphatic hydroxyl groups excluding tert-OH is 1. The Balaban J connectivity index is 2.57. The fourth-order valence-electron chi connectivity index (χ4n) is 2.24. The first-order valence-corrected chi connectivity index (χ1v) is 8.55. The molecule has 0 fully saturated rings. The van der Waals surface area contributed by atoms with E-state index in [4.69, 9.17) is 0 Å². The number of nitrogens with one attached hydrogen (secondary N) is 1. The van der Waals surface area contributed by atoms with Crippen molar-refractivity contribution in [2.75, 3.05) is 17.5 Å². The van der Waals surface area contributed by atoms with Gasteiger partial charge in [-0.2, -0.15) is 5.10 Å². The highest BCUT2D eigenvalue weighted by molar-refractivity contribution is 7.92. The van der Waals surface area contributed by atoms with Crippen molar-refractivity contribution in [3.05, 3.63) is 42.0 Å².